The van der Waals surface area contributed by atoms with Gasteiger partial charge in [0.2, 0.25) is 5.95 Å². The van der Waals surface area contributed by atoms with Crippen LogP contribution in [0.15, 0.2) is 36.4 Å². The van der Waals surface area contributed by atoms with Gasteiger partial charge in [0.15, 0.2) is 0 Å². The number of hydrogen-bond donors (Lipinski definition) is 0. The number of hydrogen-bond acceptors (Lipinski definition) is 3. The molecule has 0 unspecified atom stereocenters. The second kappa shape index (κ2) is 5.79. The SMILES string of the molecule is N#CCc1nc(F)ccc1-c1cccc(OC(F)(F)F)c1. The predicted molar refractivity (Wildman–Crippen MR) is 65.6 cm³/mol. The van der Waals surface area contributed by atoms with E-state index in [4.69, 9.17) is 5.26 Å². The van der Waals surface area contributed by atoms with Gasteiger partial charge >= 0.3 is 6.36 Å². The van der Waals surface area contributed by atoms with Crippen LogP contribution in [0.1, 0.15) is 5.69 Å². The van der Waals surface area contributed by atoms with Crippen LogP contribution in [-0.2, 0) is 6.42 Å². The summed E-state index contributed by atoms with van der Waals surface area (Å²) in [4.78, 5) is 3.59. The lowest BCUT2D eigenvalue weighted by molar-refractivity contribution is -0.274. The van der Waals surface area contributed by atoms with Gasteiger partial charge in [0.05, 0.1) is 18.2 Å². The molecule has 108 valence electrons. The first kappa shape index (κ1) is 14.8. The zero-order chi connectivity index (χ0) is 15.5. The normalized spacial score (nSPS) is 11.0. The molecule has 1 aromatic heterocycles. The van der Waals surface area contributed by atoms with Gasteiger partial charge in [-0.25, -0.2) is 4.98 Å². The van der Waals surface area contributed by atoms with E-state index in [0.29, 0.717) is 11.1 Å². The molecule has 0 amide bonds. The molecule has 0 aliphatic heterocycles. The van der Waals surface area contributed by atoms with Crippen LogP contribution in [0.2, 0.25) is 0 Å². The highest BCUT2D eigenvalue weighted by atomic mass is 19.4. The maximum atomic E-state index is 13.1. The molecule has 2 aromatic rings. The fourth-order valence-corrected chi connectivity index (χ4v) is 1.81. The molecule has 0 N–H and O–H groups in total. The molecule has 7 heteroatoms. The first-order valence-corrected chi connectivity index (χ1v) is 5.77. The van der Waals surface area contributed by atoms with Crippen LogP contribution < -0.4 is 4.74 Å². The molecule has 2 rings (SSSR count). The van der Waals surface area contributed by atoms with Crippen molar-refractivity contribution in [2.45, 2.75) is 12.8 Å². The summed E-state index contributed by atoms with van der Waals surface area (Å²) in [5.41, 5.74) is 0.890. The lowest BCUT2D eigenvalue weighted by Gasteiger charge is -2.11. The number of halogens is 4. The second-order valence-corrected chi connectivity index (χ2v) is 4.04. The van der Waals surface area contributed by atoms with Crippen molar-refractivity contribution < 1.29 is 22.3 Å². The Kier molecular flexibility index (Phi) is 4.08. The van der Waals surface area contributed by atoms with Crippen LogP contribution >= 0.6 is 0 Å². The van der Waals surface area contributed by atoms with E-state index in [0.717, 1.165) is 18.2 Å². The van der Waals surface area contributed by atoms with E-state index in [1.165, 1.54) is 18.2 Å². The van der Waals surface area contributed by atoms with Crippen LogP contribution in [0.25, 0.3) is 11.1 Å². The third-order valence-corrected chi connectivity index (χ3v) is 2.57. The Hall–Kier alpha value is -2.62. The Labute approximate surface area is 117 Å². The van der Waals surface area contributed by atoms with Crippen molar-refractivity contribution in [2.75, 3.05) is 0 Å². The molecule has 0 aliphatic rings. The molecule has 0 aliphatic carbocycles. The first-order chi connectivity index (χ1) is 9.89. The fourth-order valence-electron chi connectivity index (χ4n) is 1.81. The van der Waals surface area contributed by atoms with Gasteiger partial charge in [-0.15, -0.1) is 13.2 Å². The molecule has 0 atom stereocenters. The molecule has 3 nitrogen and oxygen atoms in total. The van der Waals surface area contributed by atoms with Gasteiger partial charge in [0.25, 0.3) is 0 Å². The predicted octanol–water partition coefficient (Wildman–Crippen LogP) is 3.85. The van der Waals surface area contributed by atoms with E-state index in [1.54, 1.807) is 0 Å². The van der Waals surface area contributed by atoms with Gasteiger partial charge in [0, 0.05) is 5.56 Å². The number of ether oxygens (including phenoxy) is 1. The van der Waals surface area contributed by atoms with Crippen LogP contribution in [0.4, 0.5) is 17.6 Å². The third kappa shape index (κ3) is 3.92. The summed E-state index contributed by atoms with van der Waals surface area (Å²) in [7, 11) is 0. The number of nitrogens with zero attached hydrogens (tertiary/aromatic N) is 2. The Balaban J connectivity index is 2.43. The van der Waals surface area contributed by atoms with E-state index in [1.807, 2.05) is 6.07 Å². The van der Waals surface area contributed by atoms with E-state index in [9.17, 15) is 17.6 Å². The van der Waals surface area contributed by atoms with Crippen molar-refractivity contribution in [1.82, 2.24) is 4.98 Å². The van der Waals surface area contributed by atoms with E-state index in [-0.39, 0.29) is 12.1 Å². The Morgan fingerprint density at radius 2 is 1.95 bits per heavy atom. The molecule has 1 aromatic carbocycles. The summed E-state index contributed by atoms with van der Waals surface area (Å²) in [6, 6.07) is 9.48. The Morgan fingerprint density at radius 1 is 1.19 bits per heavy atom. The second-order valence-electron chi connectivity index (χ2n) is 4.04. The van der Waals surface area contributed by atoms with Gasteiger partial charge in [-0.1, -0.05) is 12.1 Å². The molecular formula is C14H8F4N2O. The fraction of sp³-hybridized carbons (Fsp3) is 0.143. The summed E-state index contributed by atoms with van der Waals surface area (Å²) < 4.78 is 53.5. The zero-order valence-electron chi connectivity index (χ0n) is 10.5. The summed E-state index contributed by atoms with van der Waals surface area (Å²) in [5.74, 6) is -1.15. The maximum absolute atomic E-state index is 13.1. The van der Waals surface area contributed by atoms with E-state index < -0.39 is 18.1 Å². The van der Waals surface area contributed by atoms with Gasteiger partial charge in [-0.3, -0.25) is 0 Å². The summed E-state index contributed by atoms with van der Waals surface area (Å²) in [6.07, 6.45) is -4.95. The lowest BCUT2D eigenvalue weighted by atomic mass is 10.0. The monoisotopic (exact) mass is 296 g/mol. The number of pyridine rings is 1. The maximum Gasteiger partial charge on any atom is 0.573 e. The van der Waals surface area contributed by atoms with E-state index >= 15 is 0 Å². The molecule has 1 heterocycles. The van der Waals surface area contributed by atoms with Crippen molar-refractivity contribution in [3.63, 3.8) is 0 Å². The van der Waals surface area contributed by atoms with Gasteiger partial charge in [-0.2, -0.15) is 9.65 Å². The first-order valence-electron chi connectivity index (χ1n) is 5.77. The topological polar surface area (TPSA) is 45.9 Å². The minimum atomic E-state index is -4.80. The smallest absolute Gasteiger partial charge is 0.406 e. The molecule has 0 saturated carbocycles. The number of nitriles is 1. The van der Waals surface area contributed by atoms with Gasteiger partial charge < -0.3 is 4.74 Å². The average Bonchev–Trinajstić information content (AvgIpc) is 2.37. The molecular weight excluding hydrogens is 288 g/mol. The number of rotatable bonds is 3. The Bertz CT molecular complexity index is 692. The third-order valence-electron chi connectivity index (χ3n) is 2.57. The summed E-state index contributed by atoms with van der Waals surface area (Å²) in [5, 5.41) is 8.70. The summed E-state index contributed by atoms with van der Waals surface area (Å²) in [6.45, 7) is 0. The number of alkyl halides is 3. The highest BCUT2D eigenvalue weighted by Gasteiger charge is 2.31. The quantitative estimate of drug-likeness (QED) is 0.638. The van der Waals surface area contributed by atoms with Crippen molar-refractivity contribution >= 4 is 0 Å². The van der Waals surface area contributed by atoms with Crippen molar-refractivity contribution in [3.05, 3.63) is 48.0 Å². The molecule has 0 radical (unpaired) electrons. The highest BCUT2D eigenvalue weighted by molar-refractivity contribution is 5.67. The van der Waals surface area contributed by atoms with Crippen molar-refractivity contribution in [2.24, 2.45) is 0 Å². The zero-order valence-corrected chi connectivity index (χ0v) is 10.5. The van der Waals surface area contributed by atoms with Crippen LogP contribution in [-0.4, -0.2) is 11.3 Å². The van der Waals surface area contributed by atoms with Crippen molar-refractivity contribution in [1.29, 1.82) is 5.26 Å². The molecule has 21 heavy (non-hydrogen) atoms. The standard InChI is InChI=1S/C14H8F4N2O/c15-13-5-4-11(12(20-13)6-7-19)9-2-1-3-10(8-9)21-14(16,17)18/h1-5,8H,6H2. The average molecular weight is 296 g/mol. The van der Waals surface area contributed by atoms with Crippen LogP contribution in [0.5, 0.6) is 5.75 Å². The number of benzene rings is 1. The number of aromatic nitrogens is 1. The molecule has 0 fully saturated rings. The van der Waals surface area contributed by atoms with Gasteiger partial charge in [-0.05, 0) is 29.8 Å². The molecule has 0 saturated heterocycles. The molecule has 0 spiro atoms. The van der Waals surface area contributed by atoms with Crippen LogP contribution in [0, 0.1) is 17.3 Å². The lowest BCUT2D eigenvalue weighted by Crippen LogP contribution is -2.17. The minimum Gasteiger partial charge on any atom is -0.406 e. The highest BCUT2D eigenvalue weighted by Crippen LogP contribution is 2.29. The Morgan fingerprint density at radius 3 is 2.62 bits per heavy atom. The van der Waals surface area contributed by atoms with E-state index in [2.05, 4.69) is 9.72 Å². The summed E-state index contributed by atoms with van der Waals surface area (Å²) >= 11 is 0. The minimum absolute atomic E-state index is 0.154. The van der Waals surface area contributed by atoms with Crippen molar-refractivity contribution in [3.8, 4) is 22.9 Å². The van der Waals surface area contributed by atoms with Crippen LogP contribution in [0.3, 0.4) is 0 Å². The largest absolute Gasteiger partial charge is 0.573 e. The molecule has 0 bridgehead atoms. The van der Waals surface area contributed by atoms with Gasteiger partial charge in [0.1, 0.15) is 5.75 Å².